The van der Waals surface area contributed by atoms with Crippen molar-refractivity contribution in [1.29, 1.82) is 0 Å². The molecule has 134 valence electrons. The third-order valence-electron chi connectivity index (χ3n) is 5.29. The van der Waals surface area contributed by atoms with Crippen LogP contribution in [0.15, 0.2) is 18.2 Å². The van der Waals surface area contributed by atoms with E-state index in [2.05, 4.69) is 25.7 Å². The molecule has 2 fully saturated rings. The van der Waals surface area contributed by atoms with Gasteiger partial charge in [0.2, 0.25) is 0 Å². The number of likely N-dealkylation sites (tertiary alicyclic amines) is 1. The van der Waals surface area contributed by atoms with E-state index in [0.717, 1.165) is 6.54 Å². The van der Waals surface area contributed by atoms with Gasteiger partial charge in [0, 0.05) is 24.2 Å². The van der Waals surface area contributed by atoms with Crippen molar-refractivity contribution >= 4 is 23.2 Å². The van der Waals surface area contributed by atoms with Gasteiger partial charge in [-0.25, -0.2) is 0 Å². The van der Waals surface area contributed by atoms with Crippen LogP contribution in [0, 0.1) is 10.8 Å². The Hall–Kier alpha value is -0.480. The summed E-state index contributed by atoms with van der Waals surface area (Å²) in [6.07, 6.45) is 3.19. The number of benzene rings is 1. The van der Waals surface area contributed by atoms with Crippen LogP contribution in [0.25, 0.3) is 0 Å². The van der Waals surface area contributed by atoms with E-state index in [1.165, 1.54) is 19.3 Å². The maximum atomic E-state index is 10.4. The molecule has 0 unspecified atom stereocenters. The van der Waals surface area contributed by atoms with Crippen LogP contribution in [0.4, 0.5) is 0 Å². The normalized spacial score (nSPS) is 30.3. The van der Waals surface area contributed by atoms with Crippen LogP contribution in [-0.4, -0.2) is 41.8 Å². The van der Waals surface area contributed by atoms with Gasteiger partial charge in [0.15, 0.2) is 0 Å². The van der Waals surface area contributed by atoms with Gasteiger partial charge >= 0.3 is 0 Å². The molecule has 1 aromatic carbocycles. The second kappa shape index (κ2) is 6.68. The zero-order chi connectivity index (χ0) is 17.5. The molecule has 1 aliphatic heterocycles. The van der Waals surface area contributed by atoms with Crippen LogP contribution in [0.3, 0.4) is 0 Å². The number of aliphatic hydroxyl groups is 1. The van der Waals surface area contributed by atoms with Gasteiger partial charge in [0.25, 0.3) is 0 Å². The lowest BCUT2D eigenvalue weighted by Crippen LogP contribution is -2.39. The number of nitrogens with zero attached hydrogens (tertiary/aromatic N) is 1. The first kappa shape index (κ1) is 18.3. The minimum atomic E-state index is -0.525. The number of hydrogen-bond acceptors (Lipinski definition) is 3. The highest BCUT2D eigenvalue weighted by Crippen LogP contribution is 2.52. The van der Waals surface area contributed by atoms with Crippen molar-refractivity contribution in [2.45, 2.75) is 52.2 Å². The number of rotatable bonds is 5. The largest absolute Gasteiger partial charge is 0.489 e. The lowest BCUT2D eigenvalue weighted by molar-refractivity contribution is 0.0585. The average molecular weight is 372 g/mol. The lowest BCUT2D eigenvalue weighted by atomic mass is 9.65. The maximum Gasteiger partial charge on any atom is 0.138 e. The molecule has 3 atom stereocenters. The molecule has 5 heteroatoms. The van der Waals surface area contributed by atoms with Crippen molar-refractivity contribution in [1.82, 2.24) is 4.90 Å². The standard InChI is InChI=1S/C19H27Cl2NO2/c1-18(2)7-14-8-19(3,11-18)12-22(14)9-15(23)10-24-17-5-4-13(20)6-16(17)21/h4-6,14-15,23H,7-12H2,1-3H3/t14-,15-,19-/m0/s1. The van der Waals surface area contributed by atoms with Crippen molar-refractivity contribution in [2.24, 2.45) is 10.8 Å². The zero-order valence-corrected chi connectivity index (χ0v) is 16.2. The predicted molar refractivity (Wildman–Crippen MR) is 99.1 cm³/mol. The Kier molecular flexibility index (Phi) is 5.10. The maximum absolute atomic E-state index is 10.4. The van der Waals surface area contributed by atoms with Gasteiger partial charge in [-0.05, 0) is 48.3 Å². The Morgan fingerprint density at radius 2 is 2.04 bits per heavy atom. The number of ether oxygens (including phenoxy) is 1. The first-order valence-corrected chi connectivity index (χ1v) is 9.41. The molecule has 3 nitrogen and oxygen atoms in total. The van der Waals surface area contributed by atoms with E-state index < -0.39 is 6.10 Å². The van der Waals surface area contributed by atoms with E-state index in [1.54, 1.807) is 18.2 Å². The van der Waals surface area contributed by atoms with Crippen molar-refractivity contribution in [3.63, 3.8) is 0 Å². The Morgan fingerprint density at radius 1 is 1.29 bits per heavy atom. The average Bonchev–Trinajstić information content (AvgIpc) is 2.66. The van der Waals surface area contributed by atoms with E-state index in [9.17, 15) is 5.11 Å². The molecule has 1 saturated carbocycles. The quantitative estimate of drug-likeness (QED) is 0.818. The van der Waals surface area contributed by atoms with Crippen molar-refractivity contribution in [3.05, 3.63) is 28.2 Å². The predicted octanol–water partition coefficient (Wildman–Crippen LogP) is 4.63. The summed E-state index contributed by atoms with van der Waals surface area (Å²) in [6, 6.07) is 5.70. The van der Waals surface area contributed by atoms with Crippen LogP contribution in [0.2, 0.25) is 10.0 Å². The highest BCUT2D eigenvalue weighted by molar-refractivity contribution is 6.35. The third-order valence-corrected chi connectivity index (χ3v) is 5.82. The molecule has 1 N–H and O–H groups in total. The van der Waals surface area contributed by atoms with Crippen LogP contribution >= 0.6 is 23.2 Å². The summed E-state index contributed by atoms with van der Waals surface area (Å²) in [5.41, 5.74) is 0.775. The van der Waals surface area contributed by atoms with Crippen LogP contribution < -0.4 is 4.74 Å². The topological polar surface area (TPSA) is 32.7 Å². The Morgan fingerprint density at radius 3 is 2.75 bits per heavy atom. The fourth-order valence-electron chi connectivity index (χ4n) is 4.89. The summed E-state index contributed by atoms with van der Waals surface area (Å²) in [4.78, 5) is 2.45. The summed E-state index contributed by atoms with van der Waals surface area (Å²) in [7, 11) is 0. The zero-order valence-electron chi connectivity index (χ0n) is 14.7. The molecule has 2 aliphatic rings. The summed E-state index contributed by atoms with van der Waals surface area (Å²) in [5, 5.41) is 11.5. The molecule has 1 saturated heterocycles. The highest BCUT2D eigenvalue weighted by atomic mass is 35.5. The smallest absolute Gasteiger partial charge is 0.138 e. The fraction of sp³-hybridized carbons (Fsp3) is 0.684. The van der Waals surface area contributed by atoms with Gasteiger partial charge < -0.3 is 9.84 Å². The number of halogens is 2. The number of aliphatic hydroxyl groups excluding tert-OH is 1. The molecule has 1 aromatic rings. The van der Waals surface area contributed by atoms with Gasteiger partial charge in [-0.2, -0.15) is 0 Å². The molecule has 24 heavy (non-hydrogen) atoms. The molecular weight excluding hydrogens is 345 g/mol. The van der Waals surface area contributed by atoms with E-state index in [4.69, 9.17) is 27.9 Å². The molecule has 0 spiro atoms. The third kappa shape index (κ3) is 4.19. The molecular formula is C19H27Cl2NO2. The summed E-state index contributed by atoms with van der Waals surface area (Å²) >= 11 is 12.0. The van der Waals surface area contributed by atoms with Crippen LogP contribution in [0.1, 0.15) is 40.0 Å². The second-order valence-corrected chi connectivity index (χ2v) is 9.53. The Balaban J connectivity index is 1.55. The van der Waals surface area contributed by atoms with Gasteiger partial charge in [-0.1, -0.05) is 44.0 Å². The van der Waals surface area contributed by atoms with Gasteiger partial charge in [0.05, 0.1) is 5.02 Å². The molecule has 3 rings (SSSR count). The fourth-order valence-corrected chi connectivity index (χ4v) is 5.35. The van der Waals surface area contributed by atoms with Crippen molar-refractivity contribution < 1.29 is 9.84 Å². The van der Waals surface area contributed by atoms with Gasteiger partial charge in [-0.15, -0.1) is 0 Å². The summed E-state index contributed by atoms with van der Waals surface area (Å²) < 4.78 is 5.67. The van der Waals surface area contributed by atoms with E-state index >= 15 is 0 Å². The number of β-amino-alcohol motifs (C(OH)–C–C–N with tert-alkyl or cyclic N) is 1. The molecule has 1 aliphatic carbocycles. The van der Waals surface area contributed by atoms with Crippen LogP contribution in [-0.2, 0) is 0 Å². The monoisotopic (exact) mass is 371 g/mol. The molecule has 2 bridgehead atoms. The Labute approximate surface area is 154 Å². The molecule has 1 heterocycles. The lowest BCUT2D eigenvalue weighted by Gasteiger charge is -2.40. The summed E-state index contributed by atoms with van der Waals surface area (Å²) in [5.74, 6) is 0.563. The van der Waals surface area contributed by atoms with Gasteiger partial charge in [-0.3, -0.25) is 4.90 Å². The highest BCUT2D eigenvalue weighted by Gasteiger charge is 2.49. The van der Waals surface area contributed by atoms with E-state index in [1.807, 2.05) is 0 Å². The summed E-state index contributed by atoms with van der Waals surface area (Å²) in [6.45, 7) is 9.08. The molecule has 0 radical (unpaired) electrons. The number of hydrogen-bond donors (Lipinski definition) is 1. The minimum Gasteiger partial charge on any atom is -0.489 e. The molecule has 0 amide bonds. The van der Waals surface area contributed by atoms with Crippen LogP contribution in [0.5, 0.6) is 5.75 Å². The second-order valence-electron chi connectivity index (χ2n) is 8.68. The number of fused-ring (bicyclic) bond motifs is 2. The first-order valence-electron chi connectivity index (χ1n) is 8.66. The van der Waals surface area contributed by atoms with Gasteiger partial charge in [0.1, 0.15) is 18.5 Å². The first-order chi connectivity index (χ1) is 11.2. The van der Waals surface area contributed by atoms with Crippen molar-refractivity contribution in [2.75, 3.05) is 19.7 Å². The Bertz CT molecular complexity index is 607. The minimum absolute atomic E-state index is 0.241. The SMILES string of the molecule is CC1(C)C[C@H]2C[C@](C)(CN2C[C@H](O)COc2ccc(Cl)cc2Cl)C1. The van der Waals surface area contributed by atoms with E-state index in [-0.39, 0.29) is 6.61 Å². The molecule has 0 aromatic heterocycles. The van der Waals surface area contributed by atoms with Crippen molar-refractivity contribution in [3.8, 4) is 5.75 Å². The van der Waals surface area contributed by atoms with E-state index in [0.29, 0.717) is 39.2 Å².